The lowest BCUT2D eigenvalue weighted by Gasteiger charge is -2.36. The molecule has 0 aromatic heterocycles. The number of carbonyl (C=O) groups excluding carboxylic acids is 3. The molecule has 0 spiro atoms. The first-order valence-electron chi connectivity index (χ1n) is 14.4. The summed E-state index contributed by atoms with van der Waals surface area (Å²) in [6.07, 6.45) is 1.32. The van der Waals surface area contributed by atoms with Gasteiger partial charge in [-0.3, -0.25) is 9.59 Å². The maximum absolute atomic E-state index is 14.4. The van der Waals surface area contributed by atoms with Gasteiger partial charge in [0, 0.05) is 12.2 Å². The maximum Gasteiger partial charge on any atom is 0.408 e. The van der Waals surface area contributed by atoms with Crippen LogP contribution in [0.4, 0.5) is 10.5 Å². The Morgan fingerprint density at radius 2 is 1.50 bits per heavy atom. The van der Waals surface area contributed by atoms with E-state index < -0.39 is 23.8 Å². The number of ether oxygens (including phenoxy) is 1. The first-order valence-corrected chi connectivity index (χ1v) is 14.4. The number of para-hydroxylation sites is 1. The molecule has 2 atom stereocenters. The lowest BCUT2D eigenvalue weighted by atomic mass is 9.93. The second kappa shape index (κ2) is 14.3. The van der Waals surface area contributed by atoms with Crippen LogP contribution in [-0.4, -0.2) is 41.0 Å². The van der Waals surface area contributed by atoms with Crippen LogP contribution in [0, 0.1) is 33.6 Å². The van der Waals surface area contributed by atoms with Crippen molar-refractivity contribution in [3.63, 3.8) is 0 Å². The Kier molecular flexibility index (Phi) is 11.8. The fourth-order valence-electron chi connectivity index (χ4n) is 4.76. The van der Waals surface area contributed by atoms with Gasteiger partial charge in [0.1, 0.15) is 17.7 Å². The highest BCUT2D eigenvalue weighted by atomic mass is 16.6. The molecule has 3 amide bonds. The highest BCUT2D eigenvalue weighted by Crippen LogP contribution is 2.30. The molecule has 2 aromatic carbocycles. The van der Waals surface area contributed by atoms with Crippen molar-refractivity contribution in [2.24, 2.45) is 5.92 Å². The van der Waals surface area contributed by atoms with Gasteiger partial charge in [-0.2, -0.15) is 0 Å². The summed E-state index contributed by atoms with van der Waals surface area (Å²) >= 11 is 0. The summed E-state index contributed by atoms with van der Waals surface area (Å²) in [5, 5.41) is 5.96. The first-order chi connectivity index (χ1) is 18.7. The smallest absolute Gasteiger partial charge is 0.408 e. The Balaban J connectivity index is 2.63. The zero-order chi connectivity index (χ0) is 30.2. The van der Waals surface area contributed by atoms with Crippen molar-refractivity contribution in [1.29, 1.82) is 0 Å². The Labute approximate surface area is 241 Å². The van der Waals surface area contributed by atoms with E-state index in [1.54, 1.807) is 25.7 Å². The molecule has 7 nitrogen and oxygen atoms in total. The molecule has 0 fully saturated rings. The molecule has 7 heteroatoms. The summed E-state index contributed by atoms with van der Waals surface area (Å²) in [5.41, 5.74) is 4.71. The fraction of sp³-hybridized carbons (Fsp3) is 0.545. The number of hydrogen-bond donors (Lipinski definition) is 2. The van der Waals surface area contributed by atoms with E-state index in [0.717, 1.165) is 39.9 Å². The van der Waals surface area contributed by atoms with Crippen molar-refractivity contribution in [1.82, 2.24) is 10.2 Å². The van der Waals surface area contributed by atoms with Crippen LogP contribution in [-0.2, 0) is 14.3 Å². The van der Waals surface area contributed by atoms with Gasteiger partial charge in [0.2, 0.25) is 5.91 Å². The predicted octanol–water partition coefficient (Wildman–Crippen LogP) is 7.17. The van der Waals surface area contributed by atoms with E-state index in [1.165, 1.54) is 0 Å². The molecule has 0 aliphatic carbocycles. The Bertz CT molecular complexity index is 1160. The highest BCUT2D eigenvalue weighted by Gasteiger charge is 2.37. The summed E-state index contributed by atoms with van der Waals surface area (Å²) in [5.74, 6) is -0.453. The van der Waals surface area contributed by atoms with Crippen LogP contribution in [0.2, 0.25) is 0 Å². The number of nitrogens with zero attached hydrogens (tertiary/aromatic N) is 1. The molecule has 2 rings (SSSR count). The third-order valence-electron chi connectivity index (χ3n) is 6.96. The molecular weight excluding hydrogens is 502 g/mol. The van der Waals surface area contributed by atoms with Crippen LogP contribution in [0.3, 0.4) is 0 Å². The number of aryl methyl sites for hydroxylation is 3. The maximum atomic E-state index is 14.4. The number of benzene rings is 2. The van der Waals surface area contributed by atoms with E-state index in [4.69, 9.17) is 4.74 Å². The molecule has 0 aliphatic heterocycles. The lowest BCUT2D eigenvalue weighted by Crippen LogP contribution is -2.53. The summed E-state index contributed by atoms with van der Waals surface area (Å²) in [6, 6.07) is 9.99. The number of hydrogen-bond acceptors (Lipinski definition) is 4. The molecule has 2 unspecified atom stereocenters. The van der Waals surface area contributed by atoms with Gasteiger partial charge in [-0.15, -0.1) is 0 Å². The zero-order valence-electron chi connectivity index (χ0n) is 26.1. The second-order valence-corrected chi connectivity index (χ2v) is 12.2. The van der Waals surface area contributed by atoms with Crippen molar-refractivity contribution in [2.45, 2.75) is 106 Å². The Morgan fingerprint density at radius 1 is 0.925 bits per heavy atom. The van der Waals surface area contributed by atoms with Crippen molar-refractivity contribution >= 4 is 23.6 Å². The minimum Gasteiger partial charge on any atom is -0.444 e. The monoisotopic (exact) mass is 551 g/mol. The number of rotatable bonds is 11. The van der Waals surface area contributed by atoms with E-state index in [9.17, 15) is 14.4 Å². The molecular formula is C33H49N3O4. The van der Waals surface area contributed by atoms with Gasteiger partial charge in [0.25, 0.3) is 5.91 Å². The molecule has 0 aliphatic rings. The summed E-state index contributed by atoms with van der Waals surface area (Å²) in [7, 11) is 0. The predicted molar refractivity (Wildman–Crippen MR) is 162 cm³/mol. The SMILES string of the molecule is CCCCN(C(=O)C(CC(C)C)NC(=O)OC(C)(C)C)C(C(=O)Nc1c(C)cccc1C)c1cccc(C)c1C. The van der Waals surface area contributed by atoms with Crippen LogP contribution < -0.4 is 10.6 Å². The van der Waals surface area contributed by atoms with Crippen molar-refractivity contribution in [3.05, 3.63) is 64.2 Å². The van der Waals surface area contributed by atoms with Crippen LogP contribution in [0.5, 0.6) is 0 Å². The minimum absolute atomic E-state index is 0.125. The summed E-state index contributed by atoms with van der Waals surface area (Å²) < 4.78 is 5.49. The summed E-state index contributed by atoms with van der Waals surface area (Å²) in [4.78, 5) is 43.0. The van der Waals surface area contributed by atoms with E-state index in [2.05, 4.69) is 17.6 Å². The van der Waals surface area contributed by atoms with E-state index in [0.29, 0.717) is 19.4 Å². The van der Waals surface area contributed by atoms with Crippen LogP contribution in [0.25, 0.3) is 0 Å². The van der Waals surface area contributed by atoms with E-state index in [1.807, 2.05) is 77.9 Å². The number of amides is 3. The van der Waals surface area contributed by atoms with E-state index >= 15 is 0 Å². The standard InChI is InChI=1S/C33H49N3O4/c1-11-12-19-36(31(38)27(20-21(2)3)34-32(39)40-33(8,9)10)29(26-18-14-15-22(4)25(26)7)30(37)35-28-23(5)16-13-17-24(28)6/h13-18,21,27,29H,11-12,19-20H2,1-10H3,(H,34,39)(H,35,37). The van der Waals surface area contributed by atoms with Crippen LogP contribution >= 0.6 is 0 Å². The highest BCUT2D eigenvalue weighted by molar-refractivity contribution is 6.00. The molecule has 2 aromatic rings. The minimum atomic E-state index is -0.881. The van der Waals surface area contributed by atoms with Gasteiger partial charge in [-0.25, -0.2) is 4.79 Å². The molecule has 0 saturated heterocycles. The Hall–Kier alpha value is -3.35. The zero-order valence-corrected chi connectivity index (χ0v) is 26.1. The molecule has 40 heavy (non-hydrogen) atoms. The van der Waals surface area contributed by atoms with E-state index in [-0.39, 0.29) is 17.7 Å². The van der Waals surface area contributed by atoms with Crippen molar-refractivity contribution in [2.75, 3.05) is 11.9 Å². The topological polar surface area (TPSA) is 87.7 Å². The third kappa shape index (κ3) is 9.10. The van der Waals surface area contributed by atoms with Gasteiger partial charge in [0.15, 0.2) is 0 Å². The van der Waals surface area contributed by atoms with Gasteiger partial charge in [-0.05, 0) is 95.0 Å². The summed E-state index contributed by atoms with van der Waals surface area (Å²) in [6.45, 7) is 19.7. The fourth-order valence-corrected chi connectivity index (χ4v) is 4.76. The number of nitrogens with one attached hydrogen (secondary N) is 2. The normalized spacial score (nSPS) is 13.0. The molecule has 0 heterocycles. The largest absolute Gasteiger partial charge is 0.444 e. The lowest BCUT2D eigenvalue weighted by molar-refractivity contribution is -0.141. The van der Waals surface area contributed by atoms with Gasteiger partial charge < -0.3 is 20.3 Å². The molecule has 0 bridgehead atoms. The second-order valence-electron chi connectivity index (χ2n) is 12.2. The molecule has 0 radical (unpaired) electrons. The van der Waals surface area contributed by atoms with Gasteiger partial charge >= 0.3 is 6.09 Å². The van der Waals surface area contributed by atoms with Gasteiger partial charge in [-0.1, -0.05) is 63.6 Å². The third-order valence-corrected chi connectivity index (χ3v) is 6.96. The number of carbonyl (C=O) groups is 3. The number of anilines is 1. The molecule has 2 N–H and O–H groups in total. The van der Waals surface area contributed by atoms with Crippen molar-refractivity contribution in [3.8, 4) is 0 Å². The quantitative estimate of drug-likeness (QED) is 0.310. The first kappa shape index (κ1) is 32.9. The molecule has 0 saturated carbocycles. The average Bonchev–Trinajstić information content (AvgIpc) is 2.84. The number of unbranched alkanes of at least 4 members (excludes halogenated alkanes) is 1. The van der Waals surface area contributed by atoms with Crippen LogP contribution in [0.15, 0.2) is 36.4 Å². The van der Waals surface area contributed by atoms with Gasteiger partial charge in [0.05, 0.1) is 0 Å². The molecule has 220 valence electrons. The number of alkyl carbamates (subject to hydrolysis) is 1. The Morgan fingerprint density at radius 3 is 2.05 bits per heavy atom. The average molecular weight is 552 g/mol. The van der Waals surface area contributed by atoms with Crippen LogP contribution in [0.1, 0.15) is 94.7 Å². The van der Waals surface area contributed by atoms with Crippen molar-refractivity contribution < 1.29 is 19.1 Å².